The van der Waals surface area contributed by atoms with Gasteiger partial charge in [-0.15, -0.1) is 0 Å². The van der Waals surface area contributed by atoms with Crippen LogP contribution in [0.4, 0.5) is 0 Å². The highest BCUT2D eigenvalue weighted by molar-refractivity contribution is 4.82. The van der Waals surface area contributed by atoms with E-state index in [1.807, 2.05) is 0 Å². The predicted octanol–water partition coefficient (Wildman–Crippen LogP) is 2.04. The normalized spacial score (nSPS) is 17.5. The van der Waals surface area contributed by atoms with Crippen molar-refractivity contribution in [1.82, 2.24) is 4.90 Å². The third-order valence-electron chi connectivity index (χ3n) is 2.80. The average molecular weight is 210 g/mol. The minimum atomic E-state index is 0.371. The summed E-state index contributed by atoms with van der Waals surface area (Å²) in [7, 11) is 0. The van der Waals surface area contributed by atoms with Gasteiger partial charge in [0.25, 0.3) is 0 Å². The number of hydrogen-bond donors (Lipinski definition) is 0. The molecule has 0 N–H and O–H groups in total. The van der Waals surface area contributed by atoms with Gasteiger partial charge < -0.3 is 4.74 Å². The van der Waals surface area contributed by atoms with Crippen molar-refractivity contribution in [2.45, 2.75) is 39.7 Å². The molecule has 0 aromatic rings. The van der Waals surface area contributed by atoms with E-state index in [1.165, 1.54) is 6.42 Å². The van der Waals surface area contributed by atoms with E-state index in [2.05, 4.69) is 31.7 Å². The fourth-order valence-electron chi connectivity index (χ4n) is 1.58. The van der Waals surface area contributed by atoms with E-state index in [1.54, 1.807) is 0 Å². The molecular weight excluding hydrogens is 188 g/mol. The Morgan fingerprint density at radius 3 is 2.40 bits per heavy atom. The Kier molecular flexibility index (Phi) is 4.56. The lowest BCUT2D eigenvalue weighted by Crippen LogP contribution is -2.50. The molecule has 0 aromatic carbocycles. The van der Waals surface area contributed by atoms with Crippen LogP contribution in [0.15, 0.2) is 0 Å². The molecule has 0 bridgehead atoms. The van der Waals surface area contributed by atoms with Crippen LogP contribution in [-0.2, 0) is 4.74 Å². The quantitative estimate of drug-likeness (QED) is 0.696. The van der Waals surface area contributed by atoms with Gasteiger partial charge in [-0.05, 0) is 18.4 Å². The van der Waals surface area contributed by atoms with Crippen LogP contribution in [0.1, 0.15) is 33.6 Å². The number of nitrogens with zero attached hydrogens (tertiary/aromatic N) is 2. The fraction of sp³-hybridized carbons (Fsp3) is 0.917. The van der Waals surface area contributed by atoms with E-state index < -0.39 is 0 Å². The molecule has 1 aliphatic heterocycles. The van der Waals surface area contributed by atoms with Gasteiger partial charge in [-0.25, -0.2) is 0 Å². The van der Waals surface area contributed by atoms with Crippen LogP contribution in [0.5, 0.6) is 0 Å². The lowest BCUT2D eigenvalue weighted by molar-refractivity contribution is -0.0664. The molecule has 0 atom stereocenters. The predicted molar refractivity (Wildman–Crippen MR) is 60.5 cm³/mol. The second-order valence-corrected chi connectivity index (χ2v) is 5.45. The summed E-state index contributed by atoms with van der Waals surface area (Å²) in [6.07, 6.45) is 1.80. The van der Waals surface area contributed by atoms with Gasteiger partial charge >= 0.3 is 0 Å². The number of hydrogen-bond acceptors (Lipinski definition) is 3. The first-order valence-electron chi connectivity index (χ1n) is 5.72. The topological polar surface area (TPSA) is 36.3 Å². The number of ether oxygens (including phenoxy) is 1. The molecule has 1 rings (SSSR count). The van der Waals surface area contributed by atoms with Gasteiger partial charge in [0, 0.05) is 13.0 Å². The van der Waals surface area contributed by atoms with Crippen molar-refractivity contribution in [3.63, 3.8) is 0 Å². The van der Waals surface area contributed by atoms with Crippen molar-refractivity contribution in [2.75, 3.05) is 26.3 Å². The molecule has 0 spiro atoms. The number of rotatable bonds is 5. The first kappa shape index (κ1) is 12.5. The maximum absolute atomic E-state index is 8.61. The van der Waals surface area contributed by atoms with Crippen molar-refractivity contribution in [3.8, 4) is 6.07 Å². The van der Waals surface area contributed by atoms with Crippen LogP contribution in [0.2, 0.25) is 0 Å². The first-order chi connectivity index (χ1) is 7.03. The van der Waals surface area contributed by atoms with Gasteiger partial charge in [-0.3, -0.25) is 4.90 Å². The van der Waals surface area contributed by atoms with Gasteiger partial charge in [0.05, 0.1) is 25.3 Å². The van der Waals surface area contributed by atoms with Gasteiger partial charge in [0.1, 0.15) is 0 Å². The summed E-state index contributed by atoms with van der Waals surface area (Å²) in [5.74, 6) is 0. The molecule has 1 fully saturated rings. The largest absolute Gasteiger partial charge is 0.378 e. The molecule has 0 aliphatic carbocycles. The zero-order valence-electron chi connectivity index (χ0n) is 10.1. The third kappa shape index (κ3) is 4.63. The molecule has 0 aromatic heterocycles. The highest BCUT2D eigenvalue weighted by Gasteiger charge is 2.26. The summed E-state index contributed by atoms with van der Waals surface area (Å²) >= 11 is 0. The Hall–Kier alpha value is -0.590. The van der Waals surface area contributed by atoms with Gasteiger partial charge in [-0.1, -0.05) is 20.8 Å². The summed E-state index contributed by atoms with van der Waals surface area (Å²) < 4.78 is 5.20. The zero-order chi connectivity index (χ0) is 11.3. The maximum Gasteiger partial charge on any atom is 0.0645 e. The zero-order valence-corrected chi connectivity index (χ0v) is 10.1. The maximum atomic E-state index is 8.61. The second kappa shape index (κ2) is 5.48. The first-order valence-corrected chi connectivity index (χ1v) is 5.72. The van der Waals surface area contributed by atoms with Crippen molar-refractivity contribution >= 4 is 0 Å². The monoisotopic (exact) mass is 210 g/mol. The van der Waals surface area contributed by atoms with E-state index in [9.17, 15) is 0 Å². The summed E-state index contributed by atoms with van der Waals surface area (Å²) in [6, 6.07) is 2.77. The van der Waals surface area contributed by atoms with Crippen LogP contribution in [-0.4, -0.2) is 37.2 Å². The molecule has 1 heterocycles. The Morgan fingerprint density at radius 1 is 1.33 bits per heavy atom. The van der Waals surface area contributed by atoms with E-state index in [4.69, 9.17) is 10.00 Å². The lowest BCUT2D eigenvalue weighted by Gasteiger charge is -2.38. The fourth-order valence-corrected chi connectivity index (χ4v) is 1.58. The van der Waals surface area contributed by atoms with Crippen LogP contribution < -0.4 is 0 Å². The van der Waals surface area contributed by atoms with E-state index in [-0.39, 0.29) is 0 Å². The summed E-state index contributed by atoms with van der Waals surface area (Å²) in [4.78, 5) is 2.40. The highest BCUT2D eigenvalue weighted by Crippen LogP contribution is 2.21. The molecule has 15 heavy (non-hydrogen) atoms. The molecule has 0 saturated carbocycles. The van der Waals surface area contributed by atoms with Crippen LogP contribution in [0, 0.1) is 16.7 Å². The smallest absolute Gasteiger partial charge is 0.0645 e. The number of nitriles is 1. The highest BCUT2D eigenvalue weighted by atomic mass is 16.5. The Morgan fingerprint density at radius 2 is 2.00 bits per heavy atom. The molecule has 0 unspecified atom stereocenters. The van der Waals surface area contributed by atoms with E-state index in [0.29, 0.717) is 17.9 Å². The summed E-state index contributed by atoms with van der Waals surface area (Å²) in [5.41, 5.74) is 0.371. The molecule has 86 valence electrons. The summed E-state index contributed by atoms with van der Waals surface area (Å²) in [5, 5.41) is 8.61. The third-order valence-corrected chi connectivity index (χ3v) is 2.80. The Balaban J connectivity index is 2.32. The molecule has 1 aliphatic rings. The van der Waals surface area contributed by atoms with E-state index in [0.717, 1.165) is 26.3 Å². The second-order valence-electron chi connectivity index (χ2n) is 5.45. The Labute approximate surface area is 93.0 Å². The average Bonchev–Trinajstić information content (AvgIpc) is 2.05. The molecule has 3 heteroatoms. The van der Waals surface area contributed by atoms with Crippen LogP contribution in [0.3, 0.4) is 0 Å². The van der Waals surface area contributed by atoms with Crippen molar-refractivity contribution in [1.29, 1.82) is 5.26 Å². The van der Waals surface area contributed by atoms with Crippen LogP contribution in [0.25, 0.3) is 0 Å². The Bertz CT molecular complexity index is 223. The SMILES string of the molecule is CC(C)(C)CCN(CCC#N)C1COC1. The van der Waals surface area contributed by atoms with Crippen molar-refractivity contribution in [2.24, 2.45) is 5.41 Å². The van der Waals surface area contributed by atoms with Crippen molar-refractivity contribution < 1.29 is 4.74 Å². The minimum Gasteiger partial charge on any atom is -0.378 e. The standard InChI is InChI=1S/C12H22N2O/c1-12(2,3)5-8-14(7-4-6-13)11-9-15-10-11/h11H,4-5,7-10H2,1-3H3. The molecular formula is C12H22N2O. The molecule has 3 nitrogen and oxygen atoms in total. The summed E-state index contributed by atoms with van der Waals surface area (Å²) in [6.45, 7) is 10.4. The van der Waals surface area contributed by atoms with E-state index >= 15 is 0 Å². The van der Waals surface area contributed by atoms with Crippen molar-refractivity contribution in [3.05, 3.63) is 0 Å². The van der Waals surface area contributed by atoms with Crippen LogP contribution >= 0.6 is 0 Å². The minimum absolute atomic E-state index is 0.371. The molecule has 0 amide bonds. The van der Waals surface area contributed by atoms with Gasteiger partial charge in [0.15, 0.2) is 0 Å². The molecule has 1 saturated heterocycles. The van der Waals surface area contributed by atoms with Gasteiger partial charge in [-0.2, -0.15) is 5.26 Å². The lowest BCUT2D eigenvalue weighted by atomic mass is 9.92. The van der Waals surface area contributed by atoms with Gasteiger partial charge in [0.2, 0.25) is 0 Å². The molecule has 0 radical (unpaired) electrons.